The summed E-state index contributed by atoms with van der Waals surface area (Å²) < 4.78 is 6.96. The van der Waals surface area contributed by atoms with Gasteiger partial charge in [0, 0.05) is 16.4 Å². The fourth-order valence-corrected chi connectivity index (χ4v) is 3.87. The zero-order valence-electron chi connectivity index (χ0n) is 12.6. The summed E-state index contributed by atoms with van der Waals surface area (Å²) in [7, 11) is 0. The third-order valence-electron chi connectivity index (χ3n) is 4.36. The summed E-state index contributed by atoms with van der Waals surface area (Å²) in [5.74, 6) is 0.546. The summed E-state index contributed by atoms with van der Waals surface area (Å²) in [6.45, 7) is 6.17. The number of ether oxygens (including phenoxy) is 1. The molecule has 1 fully saturated rings. The fourth-order valence-electron chi connectivity index (χ4n) is 3.39. The van der Waals surface area contributed by atoms with Gasteiger partial charge in [-0.3, -0.25) is 0 Å². The van der Waals surface area contributed by atoms with E-state index in [1.807, 2.05) is 0 Å². The van der Waals surface area contributed by atoms with Crippen molar-refractivity contribution in [2.75, 3.05) is 13.2 Å². The lowest BCUT2D eigenvalue weighted by molar-refractivity contribution is 0.117. The van der Waals surface area contributed by atoms with Crippen molar-refractivity contribution < 1.29 is 4.74 Å². The Labute approximate surface area is 135 Å². The van der Waals surface area contributed by atoms with Crippen molar-refractivity contribution in [2.24, 2.45) is 5.92 Å². The van der Waals surface area contributed by atoms with Crippen LogP contribution in [0.3, 0.4) is 0 Å². The van der Waals surface area contributed by atoms with E-state index in [2.05, 4.69) is 71.5 Å². The first-order chi connectivity index (χ1) is 10.2. The average Bonchev–Trinajstić information content (AvgIpc) is 2.92. The lowest BCUT2D eigenvalue weighted by atomic mass is 9.88. The first-order valence-electron chi connectivity index (χ1n) is 7.72. The molecule has 3 heteroatoms. The second kappa shape index (κ2) is 6.47. The summed E-state index contributed by atoms with van der Waals surface area (Å²) >= 11 is 3.67. The Kier molecular flexibility index (Phi) is 4.63. The lowest BCUT2D eigenvalue weighted by Crippen LogP contribution is -2.29. The molecule has 2 aromatic carbocycles. The number of benzene rings is 2. The molecule has 0 saturated carbocycles. The number of hydrogen-bond acceptors (Lipinski definition) is 2. The minimum absolute atomic E-state index is 0.359. The van der Waals surface area contributed by atoms with Crippen LogP contribution in [-0.4, -0.2) is 19.3 Å². The number of nitrogens with one attached hydrogen (secondary N) is 1. The third-order valence-corrected chi connectivity index (χ3v) is 5.06. The van der Waals surface area contributed by atoms with Gasteiger partial charge in [0.2, 0.25) is 0 Å². The van der Waals surface area contributed by atoms with Crippen LogP contribution in [0.5, 0.6) is 0 Å². The summed E-state index contributed by atoms with van der Waals surface area (Å²) in [4.78, 5) is 0. The first-order valence-corrected chi connectivity index (χ1v) is 8.52. The molecule has 3 unspecified atom stereocenters. The second-order valence-electron chi connectivity index (χ2n) is 5.86. The zero-order chi connectivity index (χ0) is 14.8. The topological polar surface area (TPSA) is 21.3 Å². The second-order valence-corrected chi connectivity index (χ2v) is 6.71. The summed E-state index contributed by atoms with van der Waals surface area (Å²) in [6.07, 6.45) is 1.50. The van der Waals surface area contributed by atoms with Crippen molar-refractivity contribution in [1.29, 1.82) is 0 Å². The summed E-state index contributed by atoms with van der Waals surface area (Å²) in [5, 5.41) is 6.29. The van der Waals surface area contributed by atoms with Gasteiger partial charge in [0.05, 0.1) is 12.7 Å². The molecule has 21 heavy (non-hydrogen) atoms. The highest BCUT2D eigenvalue weighted by atomic mass is 79.9. The van der Waals surface area contributed by atoms with Gasteiger partial charge in [0.1, 0.15) is 0 Å². The number of halogens is 1. The van der Waals surface area contributed by atoms with Crippen molar-refractivity contribution in [2.45, 2.75) is 32.4 Å². The van der Waals surface area contributed by atoms with Gasteiger partial charge in [-0.15, -0.1) is 0 Å². The normalized spacial score (nSPS) is 23.6. The van der Waals surface area contributed by atoms with E-state index >= 15 is 0 Å². The van der Waals surface area contributed by atoms with Gasteiger partial charge in [-0.2, -0.15) is 0 Å². The van der Waals surface area contributed by atoms with Crippen LogP contribution in [0.4, 0.5) is 0 Å². The lowest BCUT2D eigenvalue weighted by Gasteiger charge is -2.25. The maximum Gasteiger partial charge on any atom is 0.0551 e. The molecule has 2 aromatic rings. The molecule has 0 radical (unpaired) electrons. The van der Waals surface area contributed by atoms with Crippen LogP contribution < -0.4 is 5.32 Å². The number of hydrogen-bond donors (Lipinski definition) is 1. The van der Waals surface area contributed by atoms with Crippen LogP contribution in [-0.2, 0) is 4.74 Å². The molecule has 0 spiro atoms. The van der Waals surface area contributed by atoms with E-state index in [0.717, 1.165) is 24.0 Å². The molecule has 2 nitrogen and oxygen atoms in total. The smallest absolute Gasteiger partial charge is 0.0551 e. The van der Waals surface area contributed by atoms with Crippen molar-refractivity contribution in [3.63, 3.8) is 0 Å². The van der Waals surface area contributed by atoms with E-state index in [1.54, 1.807) is 0 Å². The van der Waals surface area contributed by atoms with Crippen LogP contribution in [0, 0.1) is 5.92 Å². The van der Waals surface area contributed by atoms with Gasteiger partial charge in [-0.05, 0) is 42.3 Å². The van der Waals surface area contributed by atoms with E-state index < -0.39 is 0 Å². The highest BCUT2D eigenvalue weighted by Gasteiger charge is 2.31. The SMILES string of the molecule is CCNC(c1ccc(Br)c2ccccc12)C1COC(C)C1. The van der Waals surface area contributed by atoms with Gasteiger partial charge >= 0.3 is 0 Å². The fraction of sp³-hybridized carbons (Fsp3) is 0.444. The van der Waals surface area contributed by atoms with Crippen LogP contribution in [0.2, 0.25) is 0 Å². The Bertz CT molecular complexity index is 628. The van der Waals surface area contributed by atoms with Crippen molar-refractivity contribution >= 4 is 26.7 Å². The van der Waals surface area contributed by atoms with Gasteiger partial charge in [0.15, 0.2) is 0 Å². The molecule has 1 aliphatic heterocycles. The molecular formula is C18H22BrNO. The van der Waals surface area contributed by atoms with E-state index in [4.69, 9.17) is 4.74 Å². The summed E-state index contributed by atoms with van der Waals surface area (Å²) in [6, 6.07) is 13.4. The average molecular weight is 348 g/mol. The van der Waals surface area contributed by atoms with Gasteiger partial charge in [0.25, 0.3) is 0 Å². The largest absolute Gasteiger partial charge is 0.378 e. The third kappa shape index (κ3) is 3.01. The molecule has 112 valence electrons. The zero-order valence-corrected chi connectivity index (χ0v) is 14.2. The predicted molar refractivity (Wildman–Crippen MR) is 91.6 cm³/mol. The van der Waals surface area contributed by atoms with Crippen molar-refractivity contribution in [1.82, 2.24) is 5.32 Å². The standard InChI is InChI=1S/C18H22BrNO/c1-3-20-18(13-10-12(2)21-11-13)16-8-9-17(19)15-7-5-4-6-14(15)16/h4-9,12-13,18,20H,3,10-11H2,1-2H3. The molecule has 0 bridgehead atoms. The molecule has 1 N–H and O–H groups in total. The van der Waals surface area contributed by atoms with Crippen molar-refractivity contribution in [3.05, 3.63) is 46.4 Å². The highest BCUT2D eigenvalue weighted by molar-refractivity contribution is 9.10. The molecule has 1 heterocycles. The molecule has 3 atom stereocenters. The summed E-state index contributed by atoms with van der Waals surface area (Å²) in [5.41, 5.74) is 1.39. The Hall–Kier alpha value is -0.900. The van der Waals surface area contributed by atoms with E-state index in [-0.39, 0.29) is 0 Å². The van der Waals surface area contributed by atoms with Gasteiger partial charge in [-0.25, -0.2) is 0 Å². The number of fused-ring (bicyclic) bond motifs is 1. The van der Waals surface area contributed by atoms with E-state index in [9.17, 15) is 0 Å². The predicted octanol–water partition coefficient (Wildman–Crippen LogP) is 4.68. The Morgan fingerprint density at radius 2 is 2.00 bits per heavy atom. The molecular weight excluding hydrogens is 326 g/mol. The first kappa shape index (κ1) is 15.0. The van der Waals surface area contributed by atoms with Crippen LogP contribution in [0.1, 0.15) is 31.9 Å². The Morgan fingerprint density at radius 1 is 1.24 bits per heavy atom. The highest BCUT2D eigenvalue weighted by Crippen LogP contribution is 2.37. The van der Waals surface area contributed by atoms with Gasteiger partial charge < -0.3 is 10.1 Å². The minimum Gasteiger partial charge on any atom is -0.378 e. The van der Waals surface area contributed by atoms with Crippen LogP contribution in [0.15, 0.2) is 40.9 Å². The molecule has 1 aliphatic rings. The molecule has 0 aliphatic carbocycles. The molecule has 0 aromatic heterocycles. The molecule has 1 saturated heterocycles. The van der Waals surface area contributed by atoms with Gasteiger partial charge in [-0.1, -0.05) is 53.2 Å². The van der Waals surface area contributed by atoms with Crippen LogP contribution >= 0.6 is 15.9 Å². The minimum atomic E-state index is 0.359. The number of rotatable bonds is 4. The van der Waals surface area contributed by atoms with Crippen molar-refractivity contribution in [3.8, 4) is 0 Å². The quantitative estimate of drug-likeness (QED) is 0.866. The van der Waals surface area contributed by atoms with E-state index in [1.165, 1.54) is 16.3 Å². The Balaban J connectivity index is 2.05. The Morgan fingerprint density at radius 3 is 2.67 bits per heavy atom. The van der Waals surface area contributed by atoms with Crippen LogP contribution in [0.25, 0.3) is 10.8 Å². The maximum absolute atomic E-state index is 5.80. The maximum atomic E-state index is 5.80. The monoisotopic (exact) mass is 347 g/mol. The molecule has 3 rings (SSSR count). The van der Waals surface area contributed by atoms with E-state index in [0.29, 0.717) is 18.1 Å². The molecule has 0 amide bonds.